The van der Waals surface area contributed by atoms with Gasteiger partial charge in [-0.25, -0.2) is 0 Å². The zero-order valence-corrected chi connectivity index (χ0v) is 10.7. The van der Waals surface area contributed by atoms with E-state index < -0.39 is 0 Å². The van der Waals surface area contributed by atoms with Gasteiger partial charge in [0.25, 0.3) is 0 Å². The molecule has 2 N–H and O–H groups in total. The maximum Gasteiger partial charge on any atom is 0.0284 e. The van der Waals surface area contributed by atoms with Crippen molar-refractivity contribution in [1.82, 2.24) is 4.90 Å². The standard InChI is InChI=1S/C15H22N2/c1-17(11-15(16)7-8-15)10-12-5-6-13-3-2-4-14(13)9-12/h5-6,9H,2-4,7-8,10-11,16H2,1H3. The van der Waals surface area contributed by atoms with Gasteiger partial charge in [-0.15, -0.1) is 0 Å². The third-order valence-corrected chi connectivity index (χ3v) is 4.09. The second-order valence-corrected chi connectivity index (χ2v) is 5.99. The molecular weight excluding hydrogens is 208 g/mol. The van der Waals surface area contributed by atoms with Crippen LogP contribution in [0.2, 0.25) is 0 Å². The van der Waals surface area contributed by atoms with Crippen molar-refractivity contribution < 1.29 is 0 Å². The van der Waals surface area contributed by atoms with Crippen LogP contribution in [0.5, 0.6) is 0 Å². The first-order valence-electron chi connectivity index (χ1n) is 6.73. The normalized spacial score (nSPS) is 20.6. The molecule has 0 aromatic heterocycles. The van der Waals surface area contributed by atoms with Crippen LogP contribution >= 0.6 is 0 Å². The SMILES string of the molecule is CN(Cc1ccc2c(c1)CCC2)CC1(N)CC1. The van der Waals surface area contributed by atoms with Crippen molar-refractivity contribution in [3.05, 3.63) is 34.9 Å². The first-order valence-corrected chi connectivity index (χ1v) is 6.73. The summed E-state index contributed by atoms with van der Waals surface area (Å²) in [6.45, 7) is 2.07. The molecule has 92 valence electrons. The molecule has 0 heterocycles. The Bertz CT molecular complexity index is 421. The van der Waals surface area contributed by atoms with Crippen LogP contribution in [0.4, 0.5) is 0 Å². The van der Waals surface area contributed by atoms with Crippen molar-refractivity contribution in [2.45, 2.75) is 44.2 Å². The van der Waals surface area contributed by atoms with Crippen molar-refractivity contribution in [1.29, 1.82) is 0 Å². The smallest absolute Gasteiger partial charge is 0.0284 e. The second-order valence-electron chi connectivity index (χ2n) is 5.99. The number of nitrogens with two attached hydrogens (primary N) is 1. The fourth-order valence-electron chi connectivity index (χ4n) is 2.95. The predicted octanol–water partition coefficient (Wildman–Crippen LogP) is 2.10. The maximum absolute atomic E-state index is 6.15. The maximum atomic E-state index is 6.15. The lowest BCUT2D eigenvalue weighted by Crippen LogP contribution is -2.36. The van der Waals surface area contributed by atoms with Crippen molar-refractivity contribution in [3.63, 3.8) is 0 Å². The highest BCUT2D eigenvalue weighted by Crippen LogP contribution is 2.33. The Balaban J connectivity index is 1.64. The molecule has 2 nitrogen and oxygen atoms in total. The van der Waals surface area contributed by atoms with E-state index in [1.165, 1.54) is 37.7 Å². The summed E-state index contributed by atoms with van der Waals surface area (Å²) < 4.78 is 0. The molecule has 17 heavy (non-hydrogen) atoms. The van der Waals surface area contributed by atoms with Gasteiger partial charge in [-0.2, -0.15) is 0 Å². The molecule has 0 atom stereocenters. The van der Waals surface area contributed by atoms with Crippen LogP contribution < -0.4 is 5.73 Å². The molecule has 0 unspecified atom stereocenters. The third-order valence-electron chi connectivity index (χ3n) is 4.09. The predicted molar refractivity (Wildman–Crippen MR) is 71.0 cm³/mol. The summed E-state index contributed by atoms with van der Waals surface area (Å²) in [4.78, 5) is 2.36. The molecule has 2 aliphatic rings. The molecular formula is C15H22N2. The highest BCUT2D eigenvalue weighted by Gasteiger charge is 2.38. The number of benzene rings is 1. The molecule has 1 aromatic carbocycles. The van der Waals surface area contributed by atoms with E-state index in [1.54, 1.807) is 11.1 Å². The number of nitrogens with zero attached hydrogens (tertiary/aromatic N) is 1. The zero-order chi connectivity index (χ0) is 11.9. The number of fused-ring (bicyclic) bond motifs is 1. The van der Waals surface area contributed by atoms with Gasteiger partial charge in [0.2, 0.25) is 0 Å². The highest BCUT2D eigenvalue weighted by molar-refractivity contribution is 5.35. The average molecular weight is 230 g/mol. The quantitative estimate of drug-likeness (QED) is 0.858. The fourth-order valence-corrected chi connectivity index (χ4v) is 2.95. The Kier molecular flexibility index (Phi) is 2.72. The summed E-state index contributed by atoms with van der Waals surface area (Å²) in [6, 6.07) is 7.01. The number of likely N-dealkylation sites (N-methyl/N-ethyl adjacent to an activating group) is 1. The van der Waals surface area contributed by atoms with E-state index in [4.69, 9.17) is 5.73 Å². The van der Waals surface area contributed by atoms with E-state index in [0.717, 1.165) is 13.1 Å². The lowest BCUT2D eigenvalue weighted by atomic mass is 10.1. The number of aryl methyl sites for hydroxylation is 2. The van der Waals surface area contributed by atoms with Crippen LogP contribution in [0.1, 0.15) is 36.0 Å². The summed E-state index contributed by atoms with van der Waals surface area (Å²) in [7, 11) is 2.18. The van der Waals surface area contributed by atoms with E-state index in [1.807, 2.05) is 0 Å². The molecule has 2 aliphatic carbocycles. The molecule has 0 radical (unpaired) electrons. The molecule has 2 heteroatoms. The summed E-state index contributed by atoms with van der Waals surface area (Å²) >= 11 is 0. The van der Waals surface area contributed by atoms with Crippen LogP contribution in [0.3, 0.4) is 0 Å². The number of hydrogen-bond donors (Lipinski definition) is 1. The van der Waals surface area contributed by atoms with Gasteiger partial charge >= 0.3 is 0 Å². The summed E-state index contributed by atoms with van der Waals surface area (Å²) in [5, 5.41) is 0. The first-order chi connectivity index (χ1) is 8.15. The molecule has 1 saturated carbocycles. The largest absolute Gasteiger partial charge is 0.324 e. The van der Waals surface area contributed by atoms with Crippen LogP contribution in [0, 0.1) is 0 Å². The molecule has 1 aromatic rings. The van der Waals surface area contributed by atoms with Gasteiger partial charge in [-0.05, 0) is 55.8 Å². The van der Waals surface area contributed by atoms with Crippen molar-refractivity contribution in [2.24, 2.45) is 5.73 Å². The Morgan fingerprint density at radius 2 is 2.00 bits per heavy atom. The van der Waals surface area contributed by atoms with Crippen LogP contribution in [0.25, 0.3) is 0 Å². The molecule has 0 bridgehead atoms. The van der Waals surface area contributed by atoms with Gasteiger partial charge in [0.15, 0.2) is 0 Å². The minimum absolute atomic E-state index is 0.130. The number of rotatable bonds is 4. The average Bonchev–Trinajstić information content (AvgIpc) is 2.83. The van der Waals surface area contributed by atoms with Gasteiger partial charge in [0.05, 0.1) is 0 Å². The summed E-state index contributed by atoms with van der Waals surface area (Å²) in [5.74, 6) is 0. The molecule has 0 aliphatic heterocycles. The minimum Gasteiger partial charge on any atom is -0.324 e. The topological polar surface area (TPSA) is 29.3 Å². The molecule has 0 amide bonds. The fraction of sp³-hybridized carbons (Fsp3) is 0.600. The van der Waals surface area contributed by atoms with Crippen molar-refractivity contribution in [2.75, 3.05) is 13.6 Å². The summed E-state index contributed by atoms with van der Waals surface area (Å²) in [6.07, 6.45) is 6.27. The monoisotopic (exact) mass is 230 g/mol. The molecule has 0 saturated heterocycles. The number of hydrogen-bond acceptors (Lipinski definition) is 2. The van der Waals surface area contributed by atoms with Crippen LogP contribution in [0.15, 0.2) is 18.2 Å². The Morgan fingerprint density at radius 3 is 2.76 bits per heavy atom. The van der Waals surface area contributed by atoms with Gasteiger partial charge in [0.1, 0.15) is 0 Å². The third kappa shape index (κ3) is 2.53. The summed E-state index contributed by atoms with van der Waals surface area (Å²) in [5.41, 5.74) is 10.9. The van der Waals surface area contributed by atoms with Crippen molar-refractivity contribution >= 4 is 0 Å². The Morgan fingerprint density at radius 1 is 1.24 bits per heavy atom. The van der Waals surface area contributed by atoms with Gasteiger partial charge in [-0.3, -0.25) is 0 Å². The van der Waals surface area contributed by atoms with Gasteiger partial charge < -0.3 is 10.6 Å². The molecule has 3 rings (SSSR count). The van der Waals surface area contributed by atoms with E-state index >= 15 is 0 Å². The highest BCUT2D eigenvalue weighted by atomic mass is 15.1. The van der Waals surface area contributed by atoms with Crippen LogP contribution in [-0.2, 0) is 19.4 Å². The van der Waals surface area contributed by atoms with Crippen molar-refractivity contribution in [3.8, 4) is 0 Å². The second kappa shape index (κ2) is 4.11. The Labute approximate surface area is 104 Å². The zero-order valence-electron chi connectivity index (χ0n) is 10.7. The van der Waals surface area contributed by atoms with E-state index in [-0.39, 0.29) is 5.54 Å². The lowest BCUT2D eigenvalue weighted by molar-refractivity contribution is 0.295. The Hall–Kier alpha value is -0.860. The first kappa shape index (κ1) is 11.2. The minimum atomic E-state index is 0.130. The van der Waals surface area contributed by atoms with Gasteiger partial charge in [0, 0.05) is 18.6 Å². The molecule has 0 spiro atoms. The molecule has 1 fully saturated rings. The van der Waals surface area contributed by atoms with E-state index in [0.29, 0.717) is 0 Å². The van der Waals surface area contributed by atoms with E-state index in [2.05, 4.69) is 30.1 Å². The van der Waals surface area contributed by atoms with E-state index in [9.17, 15) is 0 Å². The lowest BCUT2D eigenvalue weighted by Gasteiger charge is -2.21. The van der Waals surface area contributed by atoms with Crippen LogP contribution in [-0.4, -0.2) is 24.0 Å². The van der Waals surface area contributed by atoms with Gasteiger partial charge in [-0.1, -0.05) is 18.2 Å².